The van der Waals surface area contributed by atoms with Gasteiger partial charge in [-0.15, -0.1) is 0 Å². The molecule has 1 aliphatic heterocycles. The molecule has 2 aromatic rings. The van der Waals surface area contributed by atoms with Crippen molar-refractivity contribution in [1.29, 1.82) is 0 Å². The predicted molar refractivity (Wildman–Crippen MR) is 111 cm³/mol. The summed E-state index contributed by atoms with van der Waals surface area (Å²) in [6.45, 7) is 0.518. The van der Waals surface area contributed by atoms with E-state index < -0.39 is 12.1 Å². The standard InChI is InChI=1S/C20H23NO5.C2HF3O2/c1-21(23)6-5-11-9-17(25-3)20(26-4)19-13-10-16(24-2)15(22)8-12(13)7-14(21)18(11)19;3-2(4,5)1(6)7/h8-10,14,22H,5-7H2,1-4H3;(H,6,7)/t14-,21-;/m0./s1. The highest BCUT2D eigenvalue weighted by Crippen LogP contribution is 2.55. The third-order valence-electron chi connectivity index (χ3n) is 5.94. The average Bonchev–Trinajstić information content (AvgIpc) is 2.74. The highest BCUT2D eigenvalue weighted by Gasteiger charge is 2.42. The molecule has 1 aliphatic carbocycles. The van der Waals surface area contributed by atoms with Gasteiger partial charge in [0.1, 0.15) is 6.04 Å². The van der Waals surface area contributed by atoms with Crippen LogP contribution in [0.5, 0.6) is 23.0 Å². The van der Waals surface area contributed by atoms with Gasteiger partial charge < -0.3 is 34.3 Å². The van der Waals surface area contributed by atoms with E-state index in [9.17, 15) is 23.5 Å². The number of aliphatic carboxylic acids is 1. The maximum Gasteiger partial charge on any atom is 0.490 e. The molecule has 11 heteroatoms. The van der Waals surface area contributed by atoms with Crippen molar-refractivity contribution in [3.8, 4) is 34.1 Å². The Morgan fingerprint density at radius 1 is 1.09 bits per heavy atom. The van der Waals surface area contributed by atoms with Crippen molar-refractivity contribution in [3.63, 3.8) is 0 Å². The number of ether oxygens (including phenoxy) is 3. The Bertz CT molecular complexity index is 1080. The number of aromatic hydroxyl groups is 1. The first kappa shape index (κ1) is 24.5. The molecular weight excluding hydrogens is 447 g/mol. The lowest BCUT2D eigenvalue weighted by atomic mass is 9.76. The molecule has 0 unspecified atom stereocenters. The van der Waals surface area contributed by atoms with Crippen molar-refractivity contribution in [2.75, 3.05) is 34.9 Å². The molecule has 1 heterocycles. The number of fused-ring (bicyclic) bond motifs is 2. The number of hydroxylamine groups is 3. The van der Waals surface area contributed by atoms with Crippen molar-refractivity contribution in [1.82, 2.24) is 0 Å². The first-order chi connectivity index (χ1) is 15.3. The summed E-state index contributed by atoms with van der Waals surface area (Å²) < 4.78 is 48.0. The predicted octanol–water partition coefficient (Wildman–Crippen LogP) is 3.82. The second-order valence-electron chi connectivity index (χ2n) is 7.91. The van der Waals surface area contributed by atoms with E-state index in [1.165, 1.54) is 7.11 Å². The monoisotopic (exact) mass is 471 g/mol. The van der Waals surface area contributed by atoms with Gasteiger partial charge in [0.15, 0.2) is 23.0 Å². The molecule has 0 radical (unpaired) electrons. The summed E-state index contributed by atoms with van der Waals surface area (Å²) in [5.74, 6) is -1.01. The molecule has 180 valence electrons. The molecular formula is C22H24F3NO7. The average molecular weight is 471 g/mol. The maximum atomic E-state index is 13.2. The molecule has 0 spiro atoms. The fourth-order valence-electron chi connectivity index (χ4n) is 4.37. The Morgan fingerprint density at radius 3 is 2.21 bits per heavy atom. The SMILES string of the molecule is COc1cc2c(cc1O)C[C@H]1c3c(cc(OC)c(OC)c3-2)CC[N@+]1(C)[O-].O=C(O)C(F)(F)F. The van der Waals surface area contributed by atoms with Gasteiger partial charge in [0.2, 0.25) is 0 Å². The Kier molecular flexibility index (Phi) is 6.40. The van der Waals surface area contributed by atoms with Crippen LogP contribution >= 0.6 is 0 Å². The zero-order valence-electron chi connectivity index (χ0n) is 18.4. The number of benzene rings is 2. The zero-order chi connectivity index (χ0) is 24.7. The summed E-state index contributed by atoms with van der Waals surface area (Å²) in [7, 11) is 6.47. The number of carboxylic acid groups (broad SMARTS) is 1. The number of nitrogens with zero attached hydrogens (tertiary/aromatic N) is 1. The number of halogens is 3. The Balaban J connectivity index is 0.000000383. The Hall–Kier alpha value is -3.18. The number of hydrogen-bond acceptors (Lipinski definition) is 6. The number of phenolic OH excluding ortho intramolecular Hbond substituents is 1. The van der Waals surface area contributed by atoms with Gasteiger partial charge in [0, 0.05) is 24.0 Å². The summed E-state index contributed by atoms with van der Waals surface area (Å²) in [5, 5.41) is 30.5. The van der Waals surface area contributed by atoms with Crippen LogP contribution in [0.25, 0.3) is 11.1 Å². The van der Waals surface area contributed by atoms with E-state index in [-0.39, 0.29) is 16.4 Å². The number of phenols is 1. The number of carbonyl (C=O) groups is 1. The number of methoxy groups -OCH3 is 3. The number of carboxylic acids is 1. The summed E-state index contributed by atoms with van der Waals surface area (Å²) >= 11 is 0. The van der Waals surface area contributed by atoms with Crippen molar-refractivity contribution < 1.29 is 47.0 Å². The molecule has 33 heavy (non-hydrogen) atoms. The normalized spacial score (nSPS) is 20.5. The van der Waals surface area contributed by atoms with Crippen molar-refractivity contribution in [2.24, 2.45) is 0 Å². The Labute approximate surface area is 187 Å². The highest BCUT2D eigenvalue weighted by atomic mass is 19.4. The van der Waals surface area contributed by atoms with Crippen molar-refractivity contribution >= 4 is 5.97 Å². The second-order valence-corrected chi connectivity index (χ2v) is 7.91. The summed E-state index contributed by atoms with van der Waals surface area (Å²) in [6.07, 6.45) is -3.81. The molecule has 0 saturated carbocycles. The summed E-state index contributed by atoms with van der Waals surface area (Å²) in [4.78, 5) is 8.90. The van der Waals surface area contributed by atoms with Crippen LogP contribution in [0, 0.1) is 5.21 Å². The van der Waals surface area contributed by atoms with Crippen molar-refractivity contribution in [2.45, 2.75) is 25.1 Å². The smallest absolute Gasteiger partial charge is 0.490 e. The molecule has 2 atom stereocenters. The van der Waals surface area contributed by atoms with Crippen LogP contribution in [0.3, 0.4) is 0 Å². The molecule has 0 amide bonds. The molecule has 0 aromatic heterocycles. The van der Waals surface area contributed by atoms with Crippen LogP contribution < -0.4 is 14.2 Å². The highest BCUT2D eigenvalue weighted by molar-refractivity contribution is 5.84. The molecule has 0 saturated heterocycles. The number of likely N-dealkylation sites (N-methyl/N-ethyl adjacent to an activating group) is 1. The van der Waals surface area contributed by atoms with Gasteiger partial charge in [-0.05, 0) is 34.9 Å². The van der Waals surface area contributed by atoms with E-state index in [1.54, 1.807) is 27.3 Å². The van der Waals surface area contributed by atoms with Crippen LogP contribution in [-0.2, 0) is 17.6 Å². The van der Waals surface area contributed by atoms with E-state index in [4.69, 9.17) is 24.1 Å². The van der Waals surface area contributed by atoms with Gasteiger partial charge in [-0.1, -0.05) is 0 Å². The molecule has 4 rings (SSSR count). The van der Waals surface area contributed by atoms with Gasteiger partial charge >= 0.3 is 12.1 Å². The third kappa shape index (κ3) is 4.38. The quantitative estimate of drug-likeness (QED) is 0.518. The number of alkyl halides is 3. The second kappa shape index (κ2) is 8.64. The van der Waals surface area contributed by atoms with Gasteiger partial charge in [-0.2, -0.15) is 13.2 Å². The lowest BCUT2D eigenvalue weighted by Crippen LogP contribution is -2.48. The van der Waals surface area contributed by atoms with Gasteiger partial charge in [-0.25, -0.2) is 4.79 Å². The van der Waals surface area contributed by atoms with E-state index in [0.29, 0.717) is 36.6 Å². The molecule has 2 N–H and O–H groups in total. The maximum absolute atomic E-state index is 13.2. The molecule has 0 fully saturated rings. The first-order valence-corrected chi connectivity index (χ1v) is 9.90. The van der Waals surface area contributed by atoms with Crippen LogP contribution in [-0.4, -0.2) is 61.9 Å². The summed E-state index contributed by atoms with van der Waals surface area (Å²) in [6, 6.07) is 5.28. The lowest BCUT2D eigenvalue weighted by Gasteiger charge is -2.51. The van der Waals surface area contributed by atoms with Gasteiger partial charge in [-0.3, -0.25) is 0 Å². The molecule has 2 aromatic carbocycles. The van der Waals surface area contributed by atoms with Gasteiger partial charge in [0.25, 0.3) is 0 Å². The number of rotatable bonds is 3. The van der Waals surface area contributed by atoms with E-state index in [1.807, 2.05) is 12.1 Å². The molecule has 8 nitrogen and oxygen atoms in total. The van der Waals surface area contributed by atoms with Crippen LogP contribution in [0.1, 0.15) is 22.7 Å². The lowest BCUT2D eigenvalue weighted by molar-refractivity contribution is -0.894. The zero-order valence-corrected chi connectivity index (χ0v) is 18.4. The minimum absolute atomic E-state index is 0.0766. The first-order valence-electron chi connectivity index (χ1n) is 9.90. The molecule has 2 aliphatic rings. The minimum atomic E-state index is -5.08. The van der Waals surface area contributed by atoms with Crippen molar-refractivity contribution in [3.05, 3.63) is 40.1 Å². The topological polar surface area (TPSA) is 108 Å². The molecule has 0 bridgehead atoms. The van der Waals surface area contributed by atoms with E-state index in [0.717, 1.165) is 27.8 Å². The minimum Gasteiger partial charge on any atom is -0.633 e. The van der Waals surface area contributed by atoms with Crippen LogP contribution in [0.2, 0.25) is 0 Å². The third-order valence-corrected chi connectivity index (χ3v) is 5.94. The number of quaternary nitrogens is 1. The fraction of sp³-hybridized carbons (Fsp3) is 0.409. The van der Waals surface area contributed by atoms with Gasteiger partial charge in [0.05, 0.1) is 34.9 Å². The number of hydrogen-bond donors (Lipinski definition) is 2. The van der Waals surface area contributed by atoms with E-state index in [2.05, 4.69) is 0 Å². The van der Waals surface area contributed by atoms with Crippen LogP contribution in [0.4, 0.5) is 13.2 Å². The largest absolute Gasteiger partial charge is 0.633 e. The fourth-order valence-corrected chi connectivity index (χ4v) is 4.37. The van der Waals surface area contributed by atoms with Crippen LogP contribution in [0.15, 0.2) is 18.2 Å². The van der Waals surface area contributed by atoms with E-state index >= 15 is 0 Å². The Morgan fingerprint density at radius 2 is 1.70 bits per heavy atom. The summed E-state index contributed by atoms with van der Waals surface area (Å²) in [5.41, 5.74) is 4.88.